The van der Waals surface area contributed by atoms with Crippen molar-refractivity contribution in [2.24, 2.45) is 0 Å². The van der Waals surface area contributed by atoms with Crippen LogP contribution >= 0.6 is 11.8 Å². The highest BCUT2D eigenvalue weighted by atomic mass is 32.2. The van der Waals surface area contributed by atoms with Crippen LogP contribution in [0.2, 0.25) is 0 Å². The van der Waals surface area contributed by atoms with Gasteiger partial charge < -0.3 is 4.90 Å². The second-order valence-corrected chi connectivity index (χ2v) is 7.99. The number of rotatable bonds is 5. The third-order valence-electron chi connectivity index (χ3n) is 4.95. The summed E-state index contributed by atoms with van der Waals surface area (Å²) in [6.07, 6.45) is 5.70. The molecule has 0 spiro atoms. The van der Waals surface area contributed by atoms with Crippen LogP contribution in [0.25, 0.3) is 17.1 Å². The monoisotopic (exact) mass is 393 g/mol. The van der Waals surface area contributed by atoms with Crippen molar-refractivity contribution < 1.29 is 4.79 Å². The van der Waals surface area contributed by atoms with Crippen LogP contribution in [0.15, 0.2) is 47.9 Å². The maximum atomic E-state index is 12.5. The number of pyridine rings is 1. The molecular formula is C21H23N5OS. The lowest BCUT2D eigenvalue weighted by Crippen LogP contribution is -2.29. The molecule has 0 unspecified atom stereocenters. The quantitative estimate of drug-likeness (QED) is 0.619. The zero-order valence-electron chi connectivity index (χ0n) is 16.1. The molecule has 1 aromatic carbocycles. The van der Waals surface area contributed by atoms with Gasteiger partial charge in [-0.05, 0) is 50.5 Å². The van der Waals surface area contributed by atoms with E-state index in [4.69, 9.17) is 0 Å². The summed E-state index contributed by atoms with van der Waals surface area (Å²) in [4.78, 5) is 18.5. The Hall–Kier alpha value is -2.67. The Bertz CT molecular complexity index is 980. The molecule has 7 heteroatoms. The van der Waals surface area contributed by atoms with Crippen LogP contribution in [-0.2, 0) is 4.79 Å². The highest BCUT2D eigenvalue weighted by molar-refractivity contribution is 7.99. The Kier molecular flexibility index (Phi) is 5.43. The first-order valence-corrected chi connectivity index (χ1v) is 10.5. The number of amides is 1. The van der Waals surface area contributed by atoms with E-state index in [0.717, 1.165) is 53.7 Å². The summed E-state index contributed by atoms with van der Waals surface area (Å²) in [5.74, 6) is 1.30. The molecule has 1 aliphatic rings. The second kappa shape index (κ2) is 8.14. The van der Waals surface area contributed by atoms with Gasteiger partial charge in [0, 0.05) is 31.0 Å². The van der Waals surface area contributed by atoms with Crippen molar-refractivity contribution in [3.63, 3.8) is 0 Å². The highest BCUT2D eigenvalue weighted by Gasteiger charge is 2.21. The van der Waals surface area contributed by atoms with Crippen molar-refractivity contribution in [3.8, 4) is 17.1 Å². The predicted molar refractivity (Wildman–Crippen MR) is 111 cm³/mol. The Morgan fingerprint density at radius 1 is 1.07 bits per heavy atom. The topological polar surface area (TPSA) is 63.9 Å². The number of hydrogen-bond acceptors (Lipinski definition) is 5. The van der Waals surface area contributed by atoms with E-state index in [2.05, 4.69) is 47.2 Å². The van der Waals surface area contributed by atoms with E-state index >= 15 is 0 Å². The first-order chi connectivity index (χ1) is 13.6. The van der Waals surface area contributed by atoms with Gasteiger partial charge in [0.25, 0.3) is 0 Å². The molecule has 4 rings (SSSR count). The van der Waals surface area contributed by atoms with Crippen LogP contribution in [0.3, 0.4) is 0 Å². The lowest BCUT2D eigenvalue weighted by molar-refractivity contribution is -0.127. The average Bonchev–Trinajstić information content (AvgIpc) is 3.37. The summed E-state index contributed by atoms with van der Waals surface area (Å²) < 4.78 is 2.05. The van der Waals surface area contributed by atoms with Crippen LogP contribution in [0.4, 0.5) is 0 Å². The fraction of sp³-hybridized carbons (Fsp3) is 0.333. The number of carbonyl (C=O) groups is 1. The van der Waals surface area contributed by atoms with Gasteiger partial charge in [-0.1, -0.05) is 29.5 Å². The van der Waals surface area contributed by atoms with E-state index in [1.54, 1.807) is 12.4 Å². The Balaban J connectivity index is 1.70. The number of thioether (sulfide) groups is 1. The van der Waals surface area contributed by atoms with Gasteiger partial charge in [-0.3, -0.25) is 14.3 Å². The number of carbonyl (C=O) groups excluding carboxylic acids is 1. The average molecular weight is 394 g/mol. The SMILES string of the molecule is Cc1ccc(-n2c(SCC(=O)N3CCCC3)nnc2-c2ccncc2)c(C)c1. The molecule has 2 aromatic heterocycles. The zero-order chi connectivity index (χ0) is 19.5. The van der Waals surface area contributed by atoms with Crippen LogP contribution in [0, 0.1) is 13.8 Å². The molecule has 0 aliphatic carbocycles. The molecule has 0 bridgehead atoms. The predicted octanol–water partition coefficient (Wildman–Crippen LogP) is 3.66. The molecule has 3 heterocycles. The van der Waals surface area contributed by atoms with Crippen molar-refractivity contribution in [2.45, 2.75) is 31.8 Å². The number of benzene rings is 1. The lowest BCUT2D eigenvalue weighted by atomic mass is 10.1. The van der Waals surface area contributed by atoms with Crippen molar-refractivity contribution in [1.29, 1.82) is 0 Å². The first kappa shape index (κ1) is 18.7. The zero-order valence-corrected chi connectivity index (χ0v) is 16.9. The fourth-order valence-corrected chi connectivity index (χ4v) is 4.36. The molecule has 3 aromatic rings. The Morgan fingerprint density at radius 3 is 2.54 bits per heavy atom. The van der Waals surface area contributed by atoms with Gasteiger partial charge in [0.1, 0.15) is 0 Å². The molecule has 0 N–H and O–H groups in total. The minimum Gasteiger partial charge on any atom is -0.342 e. The highest BCUT2D eigenvalue weighted by Crippen LogP contribution is 2.30. The van der Waals surface area contributed by atoms with Crippen molar-refractivity contribution >= 4 is 17.7 Å². The van der Waals surface area contributed by atoms with Crippen LogP contribution < -0.4 is 0 Å². The number of likely N-dealkylation sites (tertiary alicyclic amines) is 1. The van der Waals surface area contributed by atoms with Crippen molar-refractivity contribution in [2.75, 3.05) is 18.8 Å². The standard InChI is InChI=1S/C21H23N5OS/c1-15-5-6-18(16(2)13-15)26-20(17-7-9-22-10-8-17)23-24-21(26)28-14-19(27)25-11-3-4-12-25/h5-10,13H,3-4,11-12,14H2,1-2H3. The van der Waals surface area contributed by atoms with Crippen LogP contribution in [-0.4, -0.2) is 49.4 Å². The number of nitrogens with zero attached hydrogens (tertiary/aromatic N) is 5. The van der Waals surface area contributed by atoms with Gasteiger partial charge in [0.2, 0.25) is 5.91 Å². The third kappa shape index (κ3) is 3.80. The lowest BCUT2D eigenvalue weighted by Gasteiger charge is -2.16. The van der Waals surface area contributed by atoms with E-state index in [0.29, 0.717) is 5.75 Å². The van der Waals surface area contributed by atoms with Gasteiger partial charge in [0.05, 0.1) is 11.4 Å². The largest absolute Gasteiger partial charge is 0.342 e. The number of hydrogen-bond donors (Lipinski definition) is 0. The van der Waals surface area contributed by atoms with E-state index in [1.165, 1.54) is 17.3 Å². The maximum absolute atomic E-state index is 12.5. The van der Waals surface area contributed by atoms with Crippen molar-refractivity contribution in [1.82, 2.24) is 24.6 Å². The summed E-state index contributed by atoms with van der Waals surface area (Å²) in [5.41, 5.74) is 4.32. The molecule has 28 heavy (non-hydrogen) atoms. The first-order valence-electron chi connectivity index (χ1n) is 9.47. The Morgan fingerprint density at radius 2 is 1.82 bits per heavy atom. The molecule has 1 amide bonds. The number of aromatic nitrogens is 4. The summed E-state index contributed by atoms with van der Waals surface area (Å²) in [6, 6.07) is 10.2. The van der Waals surface area contributed by atoms with E-state index in [-0.39, 0.29) is 5.91 Å². The smallest absolute Gasteiger partial charge is 0.233 e. The summed E-state index contributed by atoms with van der Waals surface area (Å²) in [6.45, 7) is 5.90. The molecular weight excluding hydrogens is 370 g/mol. The van der Waals surface area contributed by atoms with E-state index in [1.807, 2.05) is 21.6 Å². The summed E-state index contributed by atoms with van der Waals surface area (Å²) in [7, 11) is 0. The molecule has 1 saturated heterocycles. The molecule has 6 nitrogen and oxygen atoms in total. The van der Waals surface area contributed by atoms with Gasteiger partial charge >= 0.3 is 0 Å². The third-order valence-corrected chi connectivity index (χ3v) is 5.86. The minimum absolute atomic E-state index is 0.170. The molecule has 1 aliphatic heterocycles. The fourth-order valence-electron chi connectivity index (χ4n) is 3.51. The van der Waals surface area contributed by atoms with Crippen LogP contribution in [0.1, 0.15) is 24.0 Å². The maximum Gasteiger partial charge on any atom is 0.233 e. The minimum atomic E-state index is 0.170. The van der Waals surface area contributed by atoms with Crippen LogP contribution in [0.5, 0.6) is 0 Å². The van der Waals surface area contributed by atoms with Crippen molar-refractivity contribution in [3.05, 3.63) is 53.9 Å². The van der Waals surface area contributed by atoms with E-state index in [9.17, 15) is 4.79 Å². The summed E-state index contributed by atoms with van der Waals surface area (Å²) >= 11 is 1.45. The van der Waals surface area contributed by atoms with Gasteiger partial charge in [-0.25, -0.2) is 0 Å². The second-order valence-electron chi connectivity index (χ2n) is 7.04. The Labute approximate surface area is 169 Å². The normalized spacial score (nSPS) is 13.9. The van der Waals surface area contributed by atoms with Gasteiger partial charge in [0.15, 0.2) is 11.0 Å². The number of aryl methyl sites for hydroxylation is 2. The van der Waals surface area contributed by atoms with Gasteiger partial charge in [-0.2, -0.15) is 0 Å². The summed E-state index contributed by atoms with van der Waals surface area (Å²) in [5, 5.41) is 9.59. The molecule has 0 radical (unpaired) electrons. The molecule has 0 saturated carbocycles. The van der Waals surface area contributed by atoms with Gasteiger partial charge in [-0.15, -0.1) is 10.2 Å². The van der Waals surface area contributed by atoms with E-state index < -0.39 is 0 Å². The molecule has 1 fully saturated rings. The molecule has 144 valence electrons. The molecule has 0 atom stereocenters.